The molecule has 1 aromatic heterocycles. The van der Waals surface area contributed by atoms with Gasteiger partial charge in [-0.1, -0.05) is 0 Å². The van der Waals surface area contributed by atoms with E-state index in [1.54, 1.807) is 18.4 Å². The Hall–Kier alpha value is -1.40. The number of nitrogens with one attached hydrogen (secondary N) is 2. The molecule has 1 unspecified atom stereocenters. The lowest BCUT2D eigenvalue weighted by Gasteiger charge is -2.07. The van der Waals surface area contributed by atoms with Crippen LogP contribution in [0, 0.1) is 0 Å². The summed E-state index contributed by atoms with van der Waals surface area (Å²) in [5.74, 6) is -0.283. The van der Waals surface area contributed by atoms with E-state index in [0.717, 1.165) is 0 Å². The van der Waals surface area contributed by atoms with Crippen LogP contribution in [0.2, 0.25) is 0 Å². The van der Waals surface area contributed by atoms with E-state index >= 15 is 0 Å². The van der Waals surface area contributed by atoms with Gasteiger partial charge in [-0.25, -0.2) is 0 Å². The lowest BCUT2D eigenvalue weighted by atomic mass is 10.3. The van der Waals surface area contributed by atoms with E-state index in [1.165, 1.54) is 11.3 Å². The van der Waals surface area contributed by atoms with Crippen LogP contribution in [0.3, 0.4) is 0 Å². The monoisotopic (exact) mass is 270 g/mol. The third kappa shape index (κ3) is 5.79. The highest BCUT2D eigenvalue weighted by Gasteiger charge is 2.06. The number of carbonyl (C=O) groups is 2. The topological polar surface area (TPSA) is 78.4 Å². The van der Waals surface area contributed by atoms with Crippen molar-refractivity contribution in [3.63, 3.8) is 0 Å². The zero-order chi connectivity index (χ0) is 13.4. The second kappa shape index (κ2) is 7.84. The maximum atomic E-state index is 11.5. The van der Waals surface area contributed by atoms with E-state index in [-0.39, 0.29) is 18.2 Å². The maximum Gasteiger partial charge on any atom is 0.252 e. The van der Waals surface area contributed by atoms with Gasteiger partial charge in [-0.2, -0.15) is 11.3 Å². The van der Waals surface area contributed by atoms with Crippen LogP contribution in [0.4, 0.5) is 0 Å². The molecule has 0 spiro atoms. The number of rotatable bonds is 7. The minimum absolute atomic E-state index is 0.124. The molecule has 0 aromatic carbocycles. The van der Waals surface area contributed by atoms with Crippen molar-refractivity contribution in [1.82, 2.24) is 10.6 Å². The molecule has 0 saturated carbocycles. The molecule has 18 heavy (non-hydrogen) atoms. The Morgan fingerprint density at radius 3 is 2.78 bits per heavy atom. The summed E-state index contributed by atoms with van der Waals surface area (Å²) in [6, 6.07) is 1.74. The number of aliphatic hydroxyl groups is 1. The van der Waals surface area contributed by atoms with Crippen molar-refractivity contribution in [2.75, 3.05) is 13.1 Å². The van der Waals surface area contributed by atoms with Crippen LogP contribution in [0.1, 0.15) is 30.1 Å². The summed E-state index contributed by atoms with van der Waals surface area (Å²) in [5.41, 5.74) is 0.620. The minimum Gasteiger partial charge on any atom is -0.393 e. The van der Waals surface area contributed by atoms with Gasteiger partial charge < -0.3 is 15.7 Å². The Morgan fingerprint density at radius 1 is 1.39 bits per heavy atom. The first-order chi connectivity index (χ1) is 8.59. The van der Waals surface area contributed by atoms with Gasteiger partial charge in [-0.05, 0) is 24.8 Å². The molecule has 5 nitrogen and oxygen atoms in total. The molecular formula is C12H18N2O3S. The molecule has 2 amide bonds. The van der Waals surface area contributed by atoms with Gasteiger partial charge in [-0.15, -0.1) is 0 Å². The minimum atomic E-state index is -0.413. The molecule has 1 atom stereocenters. The quantitative estimate of drug-likeness (QED) is 0.684. The molecule has 100 valence electrons. The van der Waals surface area contributed by atoms with Crippen molar-refractivity contribution in [2.24, 2.45) is 0 Å². The predicted octanol–water partition coefficient (Wildman–Crippen LogP) is 0.755. The molecule has 1 rings (SSSR count). The summed E-state index contributed by atoms with van der Waals surface area (Å²) in [6.07, 6.45) is 0.367. The standard InChI is InChI=1S/C12H18N2O3S/c1-9(15)2-5-13-11(16)3-6-14-12(17)10-4-7-18-8-10/h4,7-9,15H,2-3,5-6H2,1H3,(H,13,16)(H,14,17). The highest BCUT2D eigenvalue weighted by Crippen LogP contribution is 2.04. The van der Waals surface area contributed by atoms with E-state index in [9.17, 15) is 9.59 Å². The fraction of sp³-hybridized carbons (Fsp3) is 0.500. The molecule has 0 aliphatic carbocycles. The van der Waals surface area contributed by atoms with Crippen LogP contribution >= 0.6 is 11.3 Å². The van der Waals surface area contributed by atoms with Gasteiger partial charge in [0.2, 0.25) is 5.91 Å². The Labute approximate surface area is 110 Å². The number of amides is 2. The van der Waals surface area contributed by atoms with Gasteiger partial charge in [0.05, 0.1) is 6.10 Å². The van der Waals surface area contributed by atoms with Crippen LogP contribution in [0.25, 0.3) is 0 Å². The second-order valence-corrected chi connectivity index (χ2v) is 4.79. The van der Waals surface area contributed by atoms with E-state index in [0.29, 0.717) is 25.1 Å². The fourth-order valence-corrected chi connectivity index (χ4v) is 1.93. The largest absolute Gasteiger partial charge is 0.393 e. The summed E-state index contributed by atoms with van der Waals surface area (Å²) in [7, 11) is 0. The lowest BCUT2D eigenvalue weighted by molar-refractivity contribution is -0.121. The molecule has 0 aliphatic rings. The van der Waals surface area contributed by atoms with E-state index in [1.807, 2.05) is 5.38 Å². The van der Waals surface area contributed by atoms with Crippen LogP contribution in [-0.2, 0) is 4.79 Å². The van der Waals surface area contributed by atoms with Crippen LogP contribution in [0.15, 0.2) is 16.8 Å². The van der Waals surface area contributed by atoms with E-state index in [2.05, 4.69) is 10.6 Å². The predicted molar refractivity (Wildman–Crippen MR) is 70.6 cm³/mol. The summed E-state index contributed by atoms with van der Waals surface area (Å²) >= 11 is 1.46. The zero-order valence-corrected chi connectivity index (χ0v) is 11.1. The van der Waals surface area contributed by atoms with E-state index < -0.39 is 6.10 Å². The van der Waals surface area contributed by atoms with Gasteiger partial charge in [0.1, 0.15) is 0 Å². The Bertz CT molecular complexity index is 377. The molecule has 1 aromatic rings. The summed E-state index contributed by atoms with van der Waals surface area (Å²) in [6.45, 7) is 2.44. The fourth-order valence-electron chi connectivity index (χ4n) is 1.29. The molecule has 0 radical (unpaired) electrons. The van der Waals surface area contributed by atoms with Gasteiger partial charge in [0, 0.05) is 30.5 Å². The zero-order valence-electron chi connectivity index (χ0n) is 10.3. The molecule has 0 aliphatic heterocycles. The highest BCUT2D eigenvalue weighted by molar-refractivity contribution is 7.08. The van der Waals surface area contributed by atoms with Gasteiger partial charge in [0.25, 0.3) is 5.91 Å². The molecule has 6 heteroatoms. The van der Waals surface area contributed by atoms with Gasteiger partial charge in [-0.3, -0.25) is 9.59 Å². The molecule has 0 saturated heterocycles. The lowest BCUT2D eigenvalue weighted by Crippen LogP contribution is -2.31. The van der Waals surface area contributed by atoms with Crippen LogP contribution in [0.5, 0.6) is 0 Å². The Morgan fingerprint density at radius 2 is 2.17 bits per heavy atom. The third-order valence-corrected chi connectivity index (χ3v) is 2.99. The number of thiophene rings is 1. The first kappa shape index (κ1) is 14.7. The number of hydrogen-bond acceptors (Lipinski definition) is 4. The van der Waals surface area contributed by atoms with Crippen molar-refractivity contribution in [3.05, 3.63) is 22.4 Å². The second-order valence-electron chi connectivity index (χ2n) is 4.01. The van der Waals surface area contributed by atoms with Gasteiger partial charge in [0.15, 0.2) is 0 Å². The van der Waals surface area contributed by atoms with Crippen molar-refractivity contribution < 1.29 is 14.7 Å². The smallest absolute Gasteiger partial charge is 0.252 e. The van der Waals surface area contributed by atoms with Crippen LogP contribution in [-0.4, -0.2) is 36.1 Å². The van der Waals surface area contributed by atoms with Crippen molar-refractivity contribution in [2.45, 2.75) is 25.9 Å². The SMILES string of the molecule is CC(O)CCNC(=O)CCNC(=O)c1ccsc1. The van der Waals surface area contributed by atoms with Gasteiger partial charge >= 0.3 is 0 Å². The summed E-state index contributed by atoms with van der Waals surface area (Å²) < 4.78 is 0. The maximum absolute atomic E-state index is 11.5. The molecule has 1 heterocycles. The first-order valence-electron chi connectivity index (χ1n) is 5.84. The third-order valence-electron chi connectivity index (χ3n) is 2.31. The number of aliphatic hydroxyl groups excluding tert-OH is 1. The number of carbonyl (C=O) groups excluding carboxylic acids is 2. The summed E-state index contributed by atoms with van der Waals surface area (Å²) in [4.78, 5) is 22.9. The van der Waals surface area contributed by atoms with E-state index in [4.69, 9.17) is 5.11 Å². The normalized spacial score (nSPS) is 11.9. The molecular weight excluding hydrogens is 252 g/mol. The number of hydrogen-bond donors (Lipinski definition) is 3. The Kier molecular flexibility index (Phi) is 6.38. The molecule has 3 N–H and O–H groups in total. The van der Waals surface area contributed by atoms with Crippen molar-refractivity contribution in [3.8, 4) is 0 Å². The summed E-state index contributed by atoms with van der Waals surface area (Å²) in [5, 5.41) is 18.0. The first-order valence-corrected chi connectivity index (χ1v) is 6.79. The Balaban J connectivity index is 2.10. The average molecular weight is 270 g/mol. The van der Waals surface area contributed by atoms with Crippen molar-refractivity contribution in [1.29, 1.82) is 0 Å². The highest BCUT2D eigenvalue weighted by atomic mass is 32.1. The molecule has 0 fully saturated rings. The van der Waals surface area contributed by atoms with Crippen LogP contribution < -0.4 is 10.6 Å². The molecule has 0 bridgehead atoms. The average Bonchev–Trinajstić information content (AvgIpc) is 2.81. The van der Waals surface area contributed by atoms with Crippen molar-refractivity contribution >= 4 is 23.2 Å².